The van der Waals surface area contributed by atoms with Gasteiger partial charge in [-0.2, -0.15) is 13.2 Å². The number of thiazole rings is 1. The highest BCUT2D eigenvalue weighted by Gasteiger charge is 2.37. The Morgan fingerprint density at radius 3 is 2.60 bits per heavy atom. The van der Waals surface area contributed by atoms with Gasteiger partial charge in [-0.25, -0.2) is 19.6 Å². The van der Waals surface area contributed by atoms with Crippen LogP contribution < -0.4 is 10.7 Å². The zero-order chi connectivity index (χ0) is 45.1. The number of cyclic esters (lactones) is 1. The average molecular weight is 890 g/mol. The molecule has 3 atom stereocenters. The number of esters is 1. The number of nitrogens with zero attached hydrogens (tertiary/aromatic N) is 5. The van der Waals surface area contributed by atoms with Gasteiger partial charge in [0.2, 0.25) is 0 Å². The molecule has 6 rings (SSSR count). The maximum absolute atomic E-state index is 16.5. The number of carbonyl (C=O) groups is 3. The van der Waals surface area contributed by atoms with E-state index in [0.717, 1.165) is 22.0 Å². The van der Waals surface area contributed by atoms with Gasteiger partial charge in [0.1, 0.15) is 30.0 Å². The molecule has 0 aliphatic carbocycles. The largest absolute Gasteiger partial charge is 0.464 e. The second-order valence-electron chi connectivity index (χ2n) is 17.5. The highest BCUT2D eigenvalue weighted by molar-refractivity contribution is 7.10. The van der Waals surface area contributed by atoms with Crippen molar-refractivity contribution >= 4 is 52.5 Å². The number of morpholine rings is 1. The van der Waals surface area contributed by atoms with Crippen LogP contribution in [0.25, 0.3) is 28.2 Å². The molecule has 1 aromatic carbocycles. The average Bonchev–Trinajstić information content (AvgIpc) is 3.77. The topological polar surface area (TPSA) is 149 Å². The fourth-order valence-electron chi connectivity index (χ4n) is 7.51. The number of aromatic nitrogens is 2. The fraction of sp³-hybridized carbons (Fsp3) is 0.558. The van der Waals surface area contributed by atoms with Crippen LogP contribution in [0.15, 0.2) is 40.5 Å². The van der Waals surface area contributed by atoms with E-state index in [1.807, 2.05) is 18.7 Å². The Kier molecular flexibility index (Phi) is 14.2. The standard InChI is InChI=1S/C43H55F4N7O7S/c1-25(52-12-14-59-15-13-52)21-48-32(26(2)58-8)18-36-29-20-42(6,7)24-60-39(56)31-10-9-11-54(51-31)38(55)33(50-40(57)61-41(3,4)5)19-37-49-34(22-62-37)28-16-27(29)35(17-30(28)44)53(36)23-43(45,46)47/h16-18,21-22,26,31,33,51H,1,9-15,19-20,23-24H2,2-8H3,(H,50,57)/b32-18+,48-21?/t26-,31-,33-/m0/s1. The summed E-state index contributed by atoms with van der Waals surface area (Å²) in [6.07, 6.45) is -2.41. The van der Waals surface area contributed by atoms with E-state index in [1.165, 1.54) is 24.3 Å². The SMILES string of the molecule is C=C(C=N/C(=C/c1c2c3cc(c(F)cc3n1CC(F)(F)F)-c1csc(n1)C[C@H](NC(=O)OC(C)(C)C)C(=O)N1CCC[C@H](N1)C(=O)OCC(C)(C)C2)[C@H](C)OC)N1CCOCC1. The molecule has 3 aliphatic heterocycles. The maximum atomic E-state index is 16.5. The third kappa shape index (κ3) is 11.6. The van der Waals surface area contributed by atoms with Crippen molar-refractivity contribution in [3.63, 3.8) is 0 Å². The third-order valence-electron chi connectivity index (χ3n) is 10.7. The number of amides is 2. The lowest BCUT2D eigenvalue weighted by Crippen LogP contribution is -2.60. The highest BCUT2D eigenvalue weighted by Crippen LogP contribution is 2.39. The molecule has 5 heterocycles. The number of carbonyl (C=O) groups excluding carboxylic acids is 3. The van der Waals surface area contributed by atoms with Gasteiger partial charge in [-0.05, 0) is 70.7 Å². The molecule has 2 saturated heterocycles. The molecule has 0 saturated carbocycles. The number of methoxy groups -OCH3 is 1. The molecule has 6 bridgehead atoms. The van der Waals surface area contributed by atoms with E-state index in [1.54, 1.807) is 39.3 Å². The van der Waals surface area contributed by atoms with Gasteiger partial charge in [-0.15, -0.1) is 11.3 Å². The van der Waals surface area contributed by atoms with Crippen molar-refractivity contribution in [2.24, 2.45) is 10.4 Å². The molecule has 0 radical (unpaired) electrons. The number of alkyl halides is 3. The first-order valence-electron chi connectivity index (χ1n) is 20.5. The molecule has 0 spiro atoms. The number of hydrazine groups is 1. The van der Waals surface area contributed by atoms with E-state index in [2.05, 4.69) is 27.3 Å². The molecule has 62 heavy (non-hydrogen) atoms. The normalized spacial score (nSPS) is 21.2. The Hall–Kier alpha value is -4.85. The lowest BCUT2D eigenvalue weighted by molar-refractivity contribution is -0.155. The van der Waals surface area contributed by atoms with Gasteiger partial charge in [0, 0.05) is 72.5 Å². The molecular weight excluding hydrogens is 835 g/mol. The Morgan fingerprint density at radius 2 is 1.92 bits per heavy atom. The molecule has 2 fully saturated rings. The second kappa shape index (κ2) is 18.9. The molecule has 19 heteroatoms. The number of halogens is 4. The van der Waals surface area contributed by atoms with Gasteiger partial charge in [0.25, 0.3) is 5.91 Å². The predicted octanol–water partition coefficient (Wildman–Crippen LogP) is 6.82. The van der Waals surface area contributed by atoms with Gasteiger partial charge in [-0.1, -0.05) is 20.4 Å². The lowest BCUT2D eigenvalue weighted by atomic mass is 9.85. The molecule has 2 amide bonds. The van der Waals surface area contributed by atoms with Gasteiger partial charge < -0.3 is 33.7 Å². The number of ether oxygens (including phenoxy) is 4. The fourth-order valence-corrected chi connectivity index (χ4v) is 8.35. The van der Waals surface area contributed by atoms with Crippen LogP contribution in [-0.4, -0.2) is 120 Å². The van der Waals surface area contributed by atoms with Crippen LogP contribution in [0.4, 0.5) is 22.4 Å². The van der Waals surface area contributed by atoms with E-state index < -0.39 is 65.7 Å². The lowest BCUT2D eigenvalue weighted by Gasteiger charge is -2.35. The van der Waals surface area contributed by atoms with E-state index >= 15 is 4.39 Å². The Morgan fingerprint density at radius 1 is 1.19 bits per heavy atom. The summed E-state index contributed by atoms with van der Waals surface area (Å²) in [4.78, 5) is 52.0. The van der Waals surface area contributed by atoms with Gasteiger partial charge in [-0.3, -0.25) is 19.6 Å². The smallest absolute Gasteiger partial charge is 0.408 e. The predicted molar refractivity (Wildman–Crippen MR) is 227 cm³/mol. The van der Waals surface area contributed by atoms with E-state index in [-0.39, 0.29) is 54.2 Å². The van der Waals surface area contributed by atoms with Crippen LogP contribution >= 0.6 is 11.3 Å². The summed E-state index contributed by atoms with van der Waals surface area (Å²) >= 11 is 1.12. The Balaban J connectivity index is 1.52. The van der Waals surface area contributed by atoms with Crippen molar-refractivity contribution < 1.29 is 50.9 Å². The first-order valence-corrected chi connectivity index (χ1v) is 21.4. The minimum Gasteiger partial charge on any atom is -0.464 e. The molecule has 0 unspecified atom stereocenters. The summed E-state index contributed by atoms with van der Waals surface area (Å²) in [5, 5.41) is 6.19. The van der Waals surface area contributed by atoms with Crippen LogP contribution in [0.5, 0.6) is 0 Å². The number of hydrogen-bond acceptors (Lipinski definition) is 12. The molecular formula is C43H55F4N7O7S. The molecule has 3 aliphatic rings. The number of fused-ring (bicyclic) bond motifs is 6. The monoisotopic (exact) mass is 889 g/mol. The van der Waals surface area contributed by atoms with E-state index in [0.29, 0.717) is 60.8 Å². The Labute approximate surface area is 362 Å². The first kappa shape index (κ1) is 46.6. The number of nitrogens with one attached hydrogen (secondary N) is 2. The summed E-state index contributed by atoms with van der Waals surface area (Å²) in [6.45, 7) is 15.4. The number of hydrogen-bond donors (Lipinski definition) is 2. The summed E-state index contributed by atoms with van der Waals surface area (Å²) in [5.41, 5.74) is 2.81. The molecule has 2 N–H and O–H groups in total. The first-order chi connectivity index (χ1) is 29.1. The summed E-state index contributed by atoms with van der Waals surface area (Å²) < 4.78 is 83.7. The second-order valence-corrected chi connectivity index (χ2v) is 18.4. The van der Waals surface area contributed by atoms with Gasteiger partial charge in [0.15, 0.2) is 0 Å². The molecule has 2 aromatic heterocycles. The van der Waals surface area contributed by atoms with E-state index in [4.69, 9.17) is 18.9 Å². The van der Waals surface area contributed by atoms with Crippen molar-refractivity contribution in [2.45, 2.75) is 104 Å². The van der Waals surface area contributed by atoms with E-state index in [9.17, 15) is 27.6 Å². The molecule has 338 valence electrons. The number of benzene rings is 1. The van der Waals surface area contributed by atoms with Crippen molar-refractivity contribution in [1.82, 2.24) is 30.2 Å². The van der Waals surface area contributed by atoms with Crippen LogP contribution in [0.2, 0.25) is 0 Å². The third-order valence-corrected chi connectivity index (χ3v) is 11.5. The van der Waals surface area contributed by atoms with Crippen molar-refractivity contribution in [2.75, 3.05) is 46.6 Å². The summed E-state index contributed by atoms with van der Waals surface area (Å²) in [6, 6.07) is 0.447. The van der Waals surface area contributed by atoms with Crippen molar-refractivity contribution in [3.8, 4) is 11.3 Å². The van der Waals surface area contributed by atoms with Gasteiger partial charge >= 0.3 is 18.2 Å². The number of alkyl carbamates (subject to hydrolysis) is 1. The quantitative estimate of drug-likeness (QED) is 0.140. The maximum Gasteiger partial charge on any atom is 0.408 e. The summed E-state index contributed by atoms with van der Waals surface area (Å²) in [5.74, 6) is -2.01. The number of aliphatic imine (C=N–C) groups is 1. The van der Waals surface area contributed by atoms with Crippen LogP contribution in [0.1, 0.15) is 70.6 Å². The molecule has 14 nitrogen and oxygen atoms in total. The van der Waals surface area contributed by atoms with Crippen molar-refractivity contribution in [3.05, 3.63) is 57.6 Å². The van der Waals surface area contributed by atoms with Crippen LogP contribution in [0, 0.1) is 11.2 Å². The van der Waals surface area contributed by atoms with Crippen molar-refractivity contribution in [1.29, 1.82) is 0 Å². The zero-order valence-corrected chi connectivity index (χ0v) is 36.9. The van der Waals surface area contributed by atoms with Gasteiger partial charge in [0.05, 0.1) is 47.8 Å². The number of rotatable bonds is 8. The van der Waals surface area contributed by atoms with Crippen LogP contribution in [0.3, 0.4) is 0 Å². The summed E-state index contributed by atoms with van der Waals surface area (Å²) in [7, 11) is 1.46. The molecule has 3 aromatic rings. The highest BCUT2D eigenvalue weighted by atomic mass is 32.1. The van der Waals surface area contributed by atoms with Crippen LogP contribution in [-0.2, 0) is 47.9 Å². The number of allylic oxidation sites excluding steroid dienone is 1. The zero-order valence-electron chi connectivity index (χ0n) is 36.1. The minimum absolute atomic E-state index is 0.0140. The minimum atomic E-state index is -4.72. The Bertz CT molecular complexity index is 2220.